The van der Waals surface area contributed by atoms with E-state index < -0.39 is 5.82 Å². The van der Waals surface area contributed by atoms with E-state index in [2.05, 4.69) is 15.5 Å². The summed E-state index contributed by atoms with van der Waals surface area (Å²) in [6, 6.07) is 3.99. The summed E-state index contributed by atoms with van der Waals surface area (Å²) < 4.78 is 17.0. The highest BCUT2D eigenvalue weighted by molar-refractivity contribution is 7.71. The lowest BCUT2D eigenvalue weighted by Gasteiger charge is -2.11. The fraction of sp³-hybridized carbons (Fsp3) is 0.444. The van der Waals surface area contributed by atoms with E-state index >= 15 is 0 Å². The molecule has 4 N–H and O–H groups in total. The van der Waals surface area contributed by atoms with Gasteiger partial charge in [0.1, 0.15) is 5.82 Å². The number of unbranched alkanes of at least 4 members (excludes halogenated alkanes) is 2. The van der Waals surface area contributed by atoms with Gasteiger partial charge in [-0.1, -0.05) is 6.42 Å². The summed E-state index contributed by atoms with van der Waals surface area (Å²) in [6.45, 7) is 1.39. The van der Waals surface area contributed by atoms with Crippen molar-refractivity contribution in [3.63, 3.8) is 0 Å². The first-order valence-corrected chi connectivity index (χ1v) is 9.69. The number of halogens is 1. The smallest absolute Gasteiger partial charge is 0.262 e. The molecule has 1 aromatic carbocycles. The monoisotopic (exact) mass is 406 g/mol. The number of carbonyl (C=O) groups excluding carboxylic acids is 1. The molecule has 10 heteroatoms. The van der Waals surface area contributed by atoms with E-state index in [1.54, 1.807) is 4.40 Å². The Kier molecular flexibility index (Phi) is 6.53. The van der Waals surface area contributed by atoms with Gasteiger partial charge in [-0.05, 0) is 56.2 Å². The first kappa shape index (κ1) is 20.2. The van der Waals surface area contributed by atoms with Gasteiger partial charge in [-0.15, -0.1) is 5.10 Å². The number of nitrogens with zero attached hydrogens (tertiary/aromatic N) is 3. The fourth-order valence-electron chi connectivity index (χ4n) is 3.16. The van der Waals surface area contributed by atoms with Crippen LogP contribution in [-0.4, -0.2) is 38.2 Å². The van der Waals surface area contributed by atoms with Crippen LogP contribution in [0.3, 0.4) is 0 Å². The normalized spacial score (nSPS) is 11.4. The number of aromatic amines is 1. The molecule has 1 amide bonds. The molecule has 2 heterocycles. The van der Waals surface area contributed by atoms with E-state index in [1.807, 2.05) is 0 Å². The number of rotatable bonds is 9. The summed E-state index contributed by atoms with van der Waals surface area (Å²) in [5, 5.41) is 9.90. The average Bonchev–Trinajstić information content (AvgIpc) is 3.06. The van der Waals surface area contributed by atoms with Crippen molar-refractivity contribution in [1.82, 2.24) is 24.5 Å². The highest BCUT2D eigenvalue weighted by atomic mass is 32.1. The van der Waals surface area contributed by atoms with Gasteiger partial charge < -0.3 is 11.1 Å². The molecule has 0 aliphatic rings. The molecule has 0 fully saturated rings. The van der Waals surface area contributed by atoms with Gasteiger partial charge >= 0.3 is 0 Å². The molecule has 0 saturated carbocycles. The van der Waals surface area contributed by atoms with E-state index in [9.17, 15) is 14.0 Å². The highest BCUT2D eigenvalue weighted by Gasteiger charge is 2.14. The van der Waals surface area contributed by atoms with E-state index in [0.717, 1.165) is 19.3 Å². The summed E-state index contributed by atoms with van der Waals surface area (Å²) in [5.74, 6) is -0.147. The first-order valence-electron chi connectivity index (χ1n) is 9.29. The predicted molar refractivity (Wildman–Crippen MR) is 107 cm³/mol. The molecular formula is C18H23FN6O2S. The van der Waals surface area contributed by atoms with Crippen LogP contribution in [0.5, 0.6) is 0 Å². The quantitative estimate of drug-likeness (QED) is 0.371. The van der Waals surface area contributed by atoms with Gasteiger partial charge in [0.25, 0.3) is 5.56 Å². The number of aryl methyl sites for hydroxylation is 1. The van der Waals surface area contributed by atoms with Crippen LogP contribution in [0.15, 0.2) is 23.0 Å². The Morgan fingerprint density at radius 3 is 2.89 bits per heavy atom. The topological polar surface area (TPSA) is 110 Å². The zero-order valence-corrected chi connectivity index (χ0v) is 16.2. The number of fused-ring (bicyclic) bond motifs is 3. The zero-order chi connectivity index (χ0) is 20.1. The van der Waals surface area contributed by atoms with E-state index in [-0.39, 0.29) is 16.9 Å². The Morgan fingerprint density at radius 2 is 2.11 bits per heavy atom. The number of amides is 1. The molecule has 0 saturated heterocycles. The third kappa shape index (κ3) is 4.28. The van der Waals surface area contributed by atoms with E-state index in [0.29, 0.717) is 48.5 Å². The largest absolute Gasteiger partial charge is 0.356 e. The molecule has 2 aromatic heterocycles. The van der Waals surface area contributed by atoms with Crippen molar-refractivity contribution in [3.05, 3.63) is 39.1 Å². The number of carbonyl (C=O) groups is 1. The minimum absolute atomic E-state index is 0.0166. The maximum Gasteiger partial charge on any atom is 0.262 e. The van der Waals surface area contributed by atoms with E-state index in [4.69, 9.17) is 18.0 Å². The van der Waals surface area contributed by atoms with Crippen LogP contribution < -0.4 is 16.6 Å². The van der Waals surface area contributed by atoms with Crippen LogP contribution in [0.1, 0.15) is 32.1 Å². The van der Waals surface area contributed by atoms with E-state index in [1.165, 1.54) is 22.8 Å². The summed E-state index contributed by atoms with van der Waals surface area (Å²) >= 11 is 5.25. The van der Waals surface area contributed by atoms with Gasteiger partial charge in [0.15, 0.2) is 0 Å². The number of nitrogens with one attached hydrogen (secondary N) is 2. The zero-order valence-electron chi connectivity index (χ0n) is 15.4. The van der Waals surface area contributed by atoms with Gasteiger partial charge in [-0.25, -0.2) is 9.49 Å². The number of hydrogen-bond donors (Lipinski definition) is 3. The van der Waals surface area contributed by atoms with Gasteiger partial charge in [0, 0.05) is 19.5 Å². The van der Waals surface area contributed by atoms with Crippen LogP contribution in [0, 0.1) is 10.6 Å². The Balaban J connectivity index is 1.73. The number of H-pyrrole nitrogens is 1. The second-order valence-corrected chi connectivity index (χ2v) is 6.97. The number of benzene rings is 1. The highest BCUT2D eigenvalue weighted by Crippen LogP contribution is 2.15. The molecule has 8 nitrogen and oxygen atoms in total. The molecule has 0 bridgehead atoms. The lowest BCUT2D eigenvalue weighted by Crippen LogP contribution is -2.28. The predicted octanol–water partition coefficient (Wildman–Crippen LogP) is 1.87. The summed E-state index contributed by atoms with van der Waals surface area (Å²) in [7, 11) is 0. The van der Waals surface area contributed by atoms with Crippen LogP contribution in [-0.2, 0) is 11.3 Å². The summed E-state index contributed by atoms with van der Waals surface area (Å²) in [5.41, 5.74) is 5.59. The van der Waals surface area contributed by atoms with Crippen LogP contribution in [0.25, 0.3) is 16.7 Å². The molecule has 3 rings (SSSR count). The molecule has 3 aromatic rings. The molecule has 150 valence electrons. The summed E-state index contributed by atoms with van der Waals surface area (Å²) in [6.07, 6.45) is 3.66. The SMILES string of the molecule is NCCCCCC(=O)NCCCn1c(=O)c2cc(F)ccc2n2c(=S)[nH]nc12. The van der Waals surface area contributed by atoms with Gasteiger partial charge in [0.05, 0.1) is 10.9 Å². The Morgan fingerprint density at radius 1 is 1.29 bits per heavy atom. The second kappa shape index (κ2) is 9.07. The van der Waals surface area contributed by atoms with Crippen molar-refractivity contribution < 1.29 is 9.18 Å². The number of hydrogen-bond acceptors (Lipinski definition) is 5. The molecule has 0 unspecified atom stereocenters. The van der Waals surface area contributed by atoms with Crippen molar-refractivity contribution in [2.45, 2.75) is 38.6 Å². The van der Waals surface area contributed by atoms with Crippen molar-refractivity contribution in [2.24, 2.45) is 5.73 Å². The lowest BCUT2D eigenvalue weighted by molar-refractivity contribution is -0.121. The van der Waals surface area contributed by atoms with Crippen LogP contribution in [0.2, 0.25) is 0 Å². The Labute approximate surface area is 165 Å². The van der Waals surface area contributed by atoms with Crippen LogP contribution in [0.4, 0.5) is 4.39 Å². The molecule has 0 atom stereocenters. The second-order valence-electron chi connectivity index (χ2n) is 6.59. The molecule has 0 aliphatic heterocycles. The van der Waals surface area contributed by atoms with Crippen LogP contribution >= 0.6 is 12.2 Å². The minimum Gasteiger partial charge on any atom is -0.356 e. The molecule has 0 aliphatic carbocycles. The minimum atomic E-state index is -0.493. The Bertz CT molecular complexity index is 1100. The third-order valence-corrected chi connectivity index (χ3v) is 4.83. The average molecular weight is 406 g/mol. The Hall–Kier alpha value is -2.59. The van der Waals surface area contributed by atoms with Crippen molar-refractivity contribution in [2.75, 3.05) is 13.1 Å². The maximum absolute atomic E-state index is 13.7. The molecule has 0 spiro atoms. The standard InChI is InChI=1S/C18H23FN6O2S/c19-12-6-7-14-13(11-12)16(27)24(17-22-23-18(28)25(14)17)10-4-9-21-15(26)5-2-1-3-8-20/h6-7,11H,1-5,8-10,20H2,(H,21,26)(H,23,28). The first-order chi connectivity index (χ1) is 13.5. The van der Waals surface area contributed by atoms with Crippen molar-refractivity contribution in [3.8, 4) is 0 Å². The van der Waals surface area contributed by atoms with Gasteiger partial charge in [-0.3, -0.25) is 18.6 Å². The van der Waals surface area contributed by atoms with Gasteiger partial charge in [0.2, 0.25) is 16.5 Å². The summed E-state index contributed by atoms with van der Waals surface area (Å²) in [4.78, 5) is 24.7. The molecule has 28 heavy (non-hydrogen) atoms. The lowest BCUT2D eigenvalue weighted by atomic mass is 10.2. The number of nitrogens with two attached hydrogens (primary N) is 1. The van der Waals surface area contributed by atoms with Gasteiger partial charge in [-0.2, -0.15) is 0 Å². The fourth-order valence-corrected chi connectivity index (χ4v) is 3.38. The number of aromatic nitrogens is 4. The van der Waals surface area contributed by atoms with Crippen molar-refractivity contribution in [1.29, 1.82) is 0 Å². The molecular weight excluding hydrogens is 383 g/mol. The van der Waals surface area contributed by atoms with Crippen molar-refractivity contribution >= 4 is 34.8 Å². The molecule has 0 radical (unpaired) electrons. The maximum atomic E-state index is 13.7. The third-order valence-electron chi connectivity index (χ3n) is 4.56.